The molecule has 0 amide bonds. The molecule has 1 aliphatic rings. The number of nitrogens with one attached hydrogen (secondary N) is 4. The van der Waals surface area contributed by atoms with Crippen LogP contribution in [0.3, 0.4) is 0 Å². The number of anilines is 1. The molecule has 2 aromatic rings. The molecule has 6 nitrogen and oxygen atoms in total. The molecule has 1 saturated heterocycles. The molecule has 106 valence electrons. The van der Waals surface area contributed by atoms with Crippen LogP contribution in [0.4, 0.5) is 5.69 Å². The highest BCUT2D eigenvalue weighted by Gasteiger charge is 2.15. The lowest BCUT2D eigenvalue weighted by Crippen LogP contribution is -2.34. The van der Waals surface area contributed by atoms with Gasteiger partial charge in [0.15, 0.2) is 5.11 Å². The zero-order valence-electron chi connectivity index (χ0n) is 10.9. The monoisotopic (exact) mass is 292 g/mol. The van der Waals surface area contributed by atoms with Crippen molar-refractivity contribution >= 4 is 34.1 Å². The summed E-state index contributed by atoms with van der Waals surface area (Å²) in [5, 5.41) is 6.79. The number of fused-ring (bicyclic) bond motifs is 1. The van der Waals surface area contributed by atoms with Crippen molar-refractivity contribution in [3.8, 4) is 0 Å². The van der Waals surface area contributed by atoms with Crippen molar-refractivity contribution < 1.29 is 4.74 Å². The van der Waals surface area contributed by atoms with Gasteiger partial charge in [-0.25, -0.2) is 4.79 Å². The predicted octanol–water partition coefficient (Wildman–Crippen LogP) is 1.32. The lowest BCUT2D eigenvalue weighted by Gasteiger charge is -2.14. The van der Waals surface area contributed by atoms with E-state index in [4.69, 9.17) is 17.0 Å². The van der Waals surface area contributed by atoms with Crippen molar-refractivity contribution in [2.75, 3.05) is 18.5 Å². The van der Waals surface area contributed by atoms with Crippen LogP contribution < -0.4 is 16.3 Å². The zero-order valence-corrected chi connectivity index (χ0v) is 11.7. The van der Waals surface area contributed by atoms with Crippen molar-refractivity contribution in [3.05, 3.63) is 28.7 Å². The minimum absolute atomic E-state index is 0.212. The van der Waals surface area contributed by atoms with Crippen molar-refractivity contribution in [1.82, 2.24) is 15.3 Å². The number of ether oxygens (including phenoxy) is 1. The summed E-state index contributed by atoms with van der Waals surface area (Å²) in [6, 6.07) is 5.54. The second-order valence-corrected chi connectivity index (χ2v) is 5.22. The van der Waals surface area contributed by atoms with Crippen LogP contribution in [-0.2, 0) is 4.74 Å². The van der Waals surface area contributed by atoms with Crippen LogP contribution in [0.5, 0.6) is 0 Å². The van der Waals surface area contributed by atoms with E-state index >= 15 is 0 Å². The first-order valence-electron chi connectivity index (χ1n) is 6.59. The highest BCUT2D eigenvalue weighted by atomic mass is 32.1. The van der Waals surface area contributed by atoms with Crippen LogP contribution in [0.1, 0.15) is 12.8 Å². The maximum atomic E-state index is 11.2. The van der Waals surface area contributed by atoms with Gasteiger partial charge in [0.1, 0.15) is 0 Å². The first-order valence-corrected chi connectivity index (χ1v) is 7.00. The molecule has 1 aromatic carbocycles. The third kappa shape index (κ3) is 3.00. The van der Waals surface area contributed by atoms with E-state index in [0.29, 0.717) is 5.11 Å². The highest BCUT2D eigenvalue weighted by Crippen LogP contribution is 2.14. The molecule has 4 N–H and O–H groups in total. The number of thiocarbonyl (C=S) groups is 1. The molecule has 1 aromatic heterocycles. The SMILES string of the molecule is O=c1[nH]c2ccc(NC(=S)NC[C@@H]3CCCO3)cc2[nH]1. The average molecular weight is 292 g/mol. The lowest BCUT2D eigenvalue weighted by molar-refractivity contribution is 0.114. The normalized spacial score (nSPS) is 18.3. The molecule has 1 fully saturated rings. The van der Waals surface area contributed by atoms with Crippen molar-refractivity contribution in [2.24, 2.45) is 0 Å². The zero-order chi connectivity index (χ0) is 13.9. The molecule has 0 unspecified atom stereocenters. The summed E-state index contributed by atoms with van der Waals surface area (Å²) in [5.41, 5.74) is 2.15. The number of benzene rings is 1. The van der Waals surface area contributed by atoms with Gasteiger partial charge in [0.25, 0.3) is 0 Å². The summed E-state index contributed by atoms with van der Waals surface area (Å²) in [6.45, 7) is 1.55. The Balaban J connectivity index is 1.60. The van der Waals surface area contributed by atoms with Crippen LogP contribution in [0.2, 0.25) is 0 Å². The van der Waals surface area contributed by atoms with E-state index < -0.39 is 0 Å². The Morgan fingerprint density at radius 2 is 2.25 bits per heavy atom. The van der Waals surface area contributed by atoms with Crippen molar-refractivity contribution in [3.63, 3.8) is 0 Å². The van der Waals surface area contributed by atoms with Gasteiger partial charge < -0.3 is 25.3 Å². The third-order valence-electron chi connectivity index (χ3n) is 3.29. The van der Waals surface area contributed by atoms with Crippen LogP contribution in [0.15, 0.2) is 23.0 Å². The maximum Gasteiger partial charge on any atom is 0.323 e. The maximum absolute atomic E-state index is 11.2. The predicted molar refractivity (Wildman–Crippen MR) is 82.1 cm³/mol. The van der Waals surface area contributed by atoms with Gasteiger partial charge >= 0.3 is 5.69 Å². The summed E-state index contributed by atoms with van der Waals surface area (Å²) >= 11 is 5.24. The van der Waals surface area contributed by atoms with Gasteiger partial charge in [-0.1, -0.05) is 0 Å². The van der Waals surface area contributed by atoms with Crippen molar-refractivity contribution in [2.45, 2.75) is 18.9 Å². The molecule has 0 radical (unpaired) electrons. The molecule has 0 saturated carbocycles. The summed E-state index contributed by atoms with van der Waals surface area (Å²) in [6.07, 6.45) is 2.44. The number of hydrogen-bond donors (Lipinski definition) is 4. The second-order valence-electron chi connectivity index (χ2n) is 4.81. The molecular formula is C13H16N4O2S. The van der Waals surface area contributed by atoms with E-state index in [0.717, 1.165) is 42.7 Å². The van der Waals surface area contributed by atoms with Crippen LogP contribution in [0, 0.1) is 0 Å². The van der Waals surface area contributed by atoms with E-state index in [1.165, 1.54) is 0 Å². The Morgan fingerprint density at radius 1 is 1.40 bits per heavy atom. The molecule has 7 heteroatoms. The molecule has 0 spiro atoms. The van der Waals surface area contributed by atoms with E-state index in [-0.39, 0.29) is 11.8 Å². The topological polar surface area (TPSA) is 81.9 Å². The Kier molecular flexibility index (Phi) is 3.70. The number of aromatic nitrogens is 2. The van der Waals surface area contributed by atoms with Crippen molar-refractivity contribution in [1.29, 1.82) is 0 Å². The Morgan fingerprint density at radius 3 is 3.05 bits per heavy atom. The smallest absolute Gasteiger partial charge is 0.323 e. The Labute approximate surface area is 120 Å². The van der Waals surface area contributed by atoms with Crippen LogP contribution in [0.25, 0.3) is 11.0 Å². The fourth-order valence-electron chi connectivity index (χ4n) is 2.30. The molecule has 1 aliphatic heterocycles. The first-order chi connectivity index (χ1) is 9.70. The van der Waals surface area contributed by atoms with E-state index in [1.807, 2.05) is 18.2 Å². The Bertz CT molecular complexity index is 672. The number of hydrogen-bond acceptors (Lipinski definition) is 3. The number of imidazole rings is 1. The van der Waals surface area contributed by atoms with Gasteiger partial charge in [-0.05, 0) is 43.3 Å². The van der Waals surface area contributed by atoms with Crippen LogP contribution >= 0.6 is 12.2 Å². The lowest BCUT2D eigenvalue weighted by atomic mass is 10.2. The Hall–Kier alpha value is -1.86. The van der Waals surface area contributed by atoms with Gasteiger partial charge in [0, 0.05) is 18.8 Å². The molecule has 20 heavy (non-hydrogen) atoms. The highest BCUT2D eigenvalue weighted by molar-refractivity contribution is 7.80. The van der Waals surface area contributed by atoms with Crippen LogP contribution in [-0.4, -0.2) is 34.3 Å². The fraction of sp³-hybridized carbons (Fsp3) is 0.385. The van der Waals surface area contributed by atoms with E-state index in [2.05, 4.69) is 20.6 Å². The van der Waals surface area contributed by atoms with Gasteiger partial charge in [0.05, 0.1) is 17.1 Å². The minimum atomic E-state index is -0.212. The molecule has 3 rings (SSSR count). The van der Waals surface area contributed by atoms with Gasteiger partial charge in [-0.2, -0.15) is 0 Å². The quantitative estimate of drug-likeness (QED) is 0.642. The summed E-state index contributed by atoms with van der Waals surface area (Å²) in [7, 11) is 0. The second kappa shape index (κ2) is 5.64. The molecule has 1 atom stereocenters. The molecule has 0 bridgehead atoms. The van der Waals surface area contributed by atoms with Gasteiger partial charge in [-0.3, -0.25) is 0 Å². The fourth-order valence-corrected chi connectivity index (χ4v) is 2.50. The van der Waals surface area contributed by atoms with Gasteiger partial charge in [0.2, 0.25) is 0 Å². The first kappa shape index (κ1) is 13.1. The average Bonchev–Trinajstić information content (AvgIpc) is 3.04. The van der Waals surface area contributed by atoms with E-state index in [9.17, 15) is 4.79 Å². The summed E-state index contributed by atoms with van der Waals surface area (Å²) in [5.74, 6) is 0. The molecule has 0 aliphatic carbocycles. The minimum Gasteiger partial charge on any atom is -0.376 e. The number of aromatic amines is 2. The standard InChI is InChI=1S/C13H16N4O2S/c18-12-16-10-4-3-8(6-11(10)17-12)15-13(20)14-7-9-2-1-5-19-9/h3-4,6,9H,1-2,5,7H2,(H2,14,15,20)(H2,16,17,18)/t9-/m0/s1. The largest absolute Gasteiger partial charge is 0.376 e. The number of H-pyrrole nitrogens is 2. The summed E-state index contributed by atoms with van der Waals surface area (Å²) in [4.78, 5) is 16.6. The van der Waals surface area contributed by atoms with E-state index in [1.54, 1.807) is 0 Å². The molecular weight excluding hydrogens is 276 g/mol. The molecule has 2 heterocycles. The summed E-state index contributed by atoms with van der Waals surface area (Å²) < 4.78 is 5.52. The third-order valence-corrected chi connectivity index (χ3v) is 3.53. The number of rotatable bonds is 3. The van der Waals surface area contributed by atoms with Gasteiger partial charge in [-0.15, -0.1) is 0 Å².